The van der Waals surface area contributed by atoms with Crippen molar-refractivity contribution in [3.63, 3.8) is 0 Å². The molecular weight excluding hydrogens is 216 g/mol. The molecule has 0 aliphatic carbocycles. The number of benzene rings is 1. The molecule has 17 heavy (non-hydrogen) atoms. The second-order valence-electron chi connectivity index (χ2n) is 4.42. The lowest BCUT2D eigenvalue weighted by molar-refractivity contribution is 0.169. The van der Waals surface area contributed by atoms with Crippen molar-refractivity contribution in [3.05, 3.63) is 24.1 Å². The van der Waals surface area contributed by atoms with E-state index in [0.29, 0.717) is 5.89 Å². The van der Waals surface area contributed by atoms with Crippen LogP contribution in [0.3, 0.4) is 0 Å². The van der Waals surface area contributed by atoms with Gasteiger partial charge in [0.15, 0.2) is 17.0 Å². The summed E-state index contributed by atoms with van der Waals surface area (Å²) < 4.78 is 11.5. The van der Waals surface area contributed by atoms with Crippen molar-refractivity contribution in [2.75, 3.05) is 13.1 Å². The topological polar surface area (TPSA) is 47.3 Å². The Morgan fingerprint density at radius 1 is 1.47 bits per heavy atom. The standard InChI is InChI=1S/C13H16N2O2/c1-9-15-13-11(16-9)5-2-6-12(13)17-10-4-3-7-14-8-10/h2,5-6,10,14H,3-4,7-8H2,1H3. The minimum Gasteiger partial charge on any atom is -0.487 e. The van der Waals surface area contributed by atoms with Gasteiger partial charge in [-0.05, 0) is 31.5 Å². The number of rotatable bonds is 2. The lowest BCUT2D eigenvalue weighted by Gasteiger charge is -2.23. The van der Waals surface area contributed by atoms with E-state index in [2.05, 4.69) is 10.3 Å². The van der Waals surface area contributed by atoms with Crippen LogP contribution in [-0.4, -0.2) is 24.2 Å². The third-order valence-electron chi connectivity index (χ3n) is 3.03. The SMILES string of the molecule is Cc1nc2c(OC3CCCNC3)cccc2o1. The molecule has 90 valence electrons. The molecule has 1 unspecified atom stereocenters. The van der Waals surface area contributed by atoms with Crippen molar-refractivity contribution in [2.24, 2.45) is 0 Å². The lowest BCUT2D eigenvalue weighted by Crippen LogP contribution is -2.37. The van der Waals surface area contributed by atoms with Gasteiger partial charge in [0.1, 0.15) is 11.9 Å². The number of fused-ring (bicyclic) bond motifs is 1. The van der Waals surface area contributed by atoms with Crippen LogP contribution in [0.2, 0.25) is 0 Å². The van der Waals surface area contributed by atoms with Gasteiger partial charge in [-0.1, -0.05) is 6.07 Å². The van der Waals surface area contributed by atoms with Crippen LogP contribution in [0.1, 0.15) is 18.7 Å². The summed E-state index contributed by atoms with van der Waals surface area (Å²) in [7, 11) is 0. The summed E-state index contributed by atoms with van der Waals surface area (Å²) in [6.45, 7) is 3.85. The Hall–Kier alpha value is -1.55. The molecule has 1 N–H and O–H groups in total. The van der Waals surface area contributed by atoms with Gasteiger partial charge in [0.2, 0.25) is 0 Å². The summed E-state index contributed by atoms with van der Waals surface area (Å²) in [5.74, 6) is 1.51. The van der Waals surface area contributed by atoms with Crippen LogP contribution in [0, 0.1) is 6.92 Å². The number of nitrogens with zero attached hydrogens (tertiary/aromatic N) is 1. The van der Waals surface area contributed by atoms with Gasteiger partial charge in [0.05, 0.1) is 0 Å². The molecule has 1 aliphatic heterocycles. The normalized spacial score (nSPS) is 20.6. The molecule has 1 aliphatic rings. The summed E-state index contributed by atoms with van der Waals surface area (Å²) >= 11 is 0. The highest BCUT2D eigenvalue weighted by molar-refractivity contribution is 5.79. The van der Waals surface area contributed by atoms with E-state index in [1.807, 2.05) is 25.1 Å². The monoisotopic (exact) mass is 232 g/mol. The van der Waals surface area contributed by atoms with Gasteiger partial charge < -0.3 is 14.5 Å². The first kappa shape index (κ1) is 10.6. The van der Waals surface area contributed by atoms with E-state index in [9.17, 15) is 0 Å². The van der Waals surface area contributed by atoms with Gasteiger partial charge in [-0.15, -0.1) is 0 Å². The van der Waals surface area contributed by atoms with Crippen LogP contribution >= 0.6 is 0 Å². The highest BCUT2D eigenvalue weighted by atomic mass is 16.5. The van der Waals surface area contributed by atoms with Crippen LogP contribution in [0.5, 0.6) is 5.75 Å². The molecule has 0 bridgehead atoms. The van der Waals surface area contributed by atoms with E-state index >= 15 is 0 Å². The molecule has 0 saturated carbocycles. The highest BCUT2D eigenvalue weighted by Crippen LogP contribution is 2.27. The number of oxazole rings is 1. The van der Waals surface area contributed by atoms with E-state index in [0.717, 1.165) is 36.4 Å². The molecule has 1 fully saturated rings. The zero-order valence-corrected chi connectivity index (χ0v) is 9.90. The molecule has 4 heteroatoms. The van der Waals surface area contributed by atoms with Crippen LogP contribution in [0.25, 0.3) is 11.1 Å². The van der Waals surface area contributed by atoms with Crippen molar-refractivity contribution in [1.29, 1.82) is 0 Å². The smallest absolute Gasteiger partial charge is 0.192 e. The van der Waals surface area contributed by atoms with Crippen LogP contribution in [0.4, 0.5) is 0 Å². The van der Waals surface area contributed by atoms with Crippen molar-refractivity contribution >= 4 is 11.1 Å². The second kappa shape index (κ2) is 4.37. The summed E-state index contributed by atoms with van der Waals surface area (Å²) in [5, 5.41) is 3.34. The Morgan fingerprint density at radius 3 is 3.24 bits per heavy atom. The number of piperidine rings is 1. The van der Waals surface area contributed by atoms with Crippen LogP contribution in [0.15, 0.2) is 22.6 Å². The second-order valence-corrected chi connectivity index (χ2v) is 4.42. The number of para-hydroxylation sites is 1. The number of ether oxygens (including phenoxy) is 1. The molecule has 0 spiro atoms. The average molecular weight is 232 g/mol. The lowest BCUT2D eigenvalue weighted by atomic mass is 10.1. The Kier molecular flexibility index (Phi) is 2.73. The molecular formula is C13H16N2O2. The fourth-order valence-electron chi connectivity index (χ4n) is 2.23. The quantitative estimate of drug-likeness (QED) is 0.862. The predicted octanol–water partition coefficient (Wildman–Crippen LogP) is 2.27. The van der Waals surface area contributed by atoms with E-state index in [-0.39, 0.29) is 6.10 Å². The fraction of sp³-hybridized carbons (Fsp3) is 0.462. The van der Waals surface area contributed by atoms with E-state index in [1.165, 1.54) is 6.42 Å². The third-order valence-corrected chi connectivity index (χ3v) is 3.03. The van der Waals surface area contributed by atoms with Gasteiger partial charge in [-0.3, -0.25) is 0 Å². The van der Waals surface area contributed by atoms with Crippen molar-refractivity contribution in [2.45, 2.75) is 25.9 Å². The first-order valence-corrected chi connectivity index (χ1v) is 6.06. The minimum absolute atomic E-state index is 0.242. The number of nitrogens with one attached hydrogen (secondary N) is 1. The summed E-state index contributed by atoms with van der Waals surface area (Å²) in [6, 6.07) is 5.82. The molecule has 1 atom stereocenters. The van der Waals surface area contributed by atoms with Crippen molar-refractivity contribution in [1.82, 2.24) is 10.3 Å². The maximum absolute atomic E-state index is 6.00. The van der Waals surface area contributed by atoms with E-state index in [1.54, 1.807) is 0 Å². The van der Waals surface area contributed by atoms with Crippen molar-refractivity contribution < 1.29 is 9.15 Å². The first-order valence-electron chi connectivity index (χ1n) is 6.06. The number of hydrogen-bond acceptors (Lipinski definition) is 4. The van der Waals surface area contributed by atoms with Gasteiger partial charge >= 0.3 is 0 Å². The number of aryl methyl sites for hydroxylation is 1. The maximum Gasteiger partial charge on any atom is 0.192 e. The summed E-state index contributed by atoms with van der Waals surface area (Å²) in [6.07, 6.45) is 2.50. The minimum atomic E-state index is 0.242. The van der Waals surface area contributed by atoms with Gasteiger partial charge in [0.25, 0.3) is 0 Å². The van der Waals surface area contributed by atoms with E-state index < -0.39 is 0 Å². The van der Waals surface area contributed by atoms with Crippen LogP contribution < -0.4 is 10.1 Å². The molecule has 0 radical (unpaired) electrons. The molecule has 1 aromatic heterocycles. The average Bonchev–Trinajstić information content (AvgIpc) is 2.72. The Balaban J connectivity index is 1.88. The molecule has 1 saturated heterocycles. The summed E-state index contributed by atoms with van der Waals surface area (Å²) in [5.41, 5.74) is 1.62. The van der Waals surface area contributed by atoms with Crippen LogP contribution in [-0.2, 0) is 0 Å². The Labute approximate surface area is 100.0 Å². The van der Waals surface area contributed by atoms with Crippen molar-refractivity contribution in [3.8, 4) is 5.75 Å². The molecule has 3 rings (SSSR count). The molecule has 0 amide bonds. The van der Waals surface area contributed by atoms with Gasteiger partial charge in [0, 0.05) is 13.5 Å². The van der Waals surface area contributed by atoms with E-state index in [4.69, 9.17) is 9.15 Å². The fourth-order valence-corrected chi connectivity index (χ4v) is 2.23. The van der Waals surface area contributed by atoms with Gasteiger partial charge in [-0.25, -0.2) is 4.98 Å². The Bertz CT molecular complexity index is 515. The zero-order chi connectivity index (χ0) is 11.7. The molecule has 4 nitrogen and oxygen atoms in total. The predicted molar refractivity (Wildman–Crippen MR) is 65.3 cm³/mol. The molecule has 1 aromatic carbocycles. The molecule has 2 heterocycles. The largest absolute Gasteiger partial charge is 0.487 e. The van der Waals surface area contributed by atoms with Gasteiger partial charge in [-0.2, -0.15) is 0 Å². The summed E-state index contributed by atoms with van der Waals surface area (Å²) in [4.78, 5) is 4.37. The number of aromatic nitrogens is 1. The maximum atomic E-state index is 6.00. The Morgan fingerprint density at radius 2 is 2.41 bits per heavy atom. The molecule has 2 aromatic rings. The number of hydrogen-bond donors (Lipinski definition) is 1. The third kappa shape index (κ3) is 2.13. The zero-order valence-electron chi connectivity index (χ0n) is 9.90. The highest BCUT2D eigenvalue weighted by Gasteiger charge is 2.17. The first-order chi connectivity index (χ1) is 8.33.